The molecule has 0 aromatic heterocycles. The second-order valence-electron chi connectivity index (χ2n) is 3.34. The maximum atomic E-state index is 10.7. The maximum absolute atomic E-state index is 10.7. The second kappa shape index (κ2) is 10.3. The first kappa shape index (κ1) is 19.7. The van der Waals surface area contributed by atoms with Crippen LogP contribution in [0.4, 0.5) is 0 Å². The quantitative estimate of drug-likeness (QED) is 0.495. The first-order chi connectivity index (χ1) is 8.68. The first-order valence-corrected chi connectivity index (χ1v) is 6.94. The topological polar surface area (TPSA) is 121 Å². The molecule has 0 spiro atoms. The number of carbonyl (C=O) groups excluding carboxylic acids is 1. The van der Waals surface area contributed by atoms with E-state index in [1.165, 1.54) is 6.08 Å². The van der Waals surface area contributed by atoms with Gasteiger partial charge in [-0.25, -0.2) is 4.79 Å². The van der Waals surface area contributed by atoms with Crippen molar-refractivity contribution >= 4 is 22.0 Å². The van der Waals surface area contributed by atoms with Crippen LogP contribution in [0.25, 0.3) is 0 Å². The predicted molar refractivity (Wildman–Crippen MR) is 71.0 cm³/mol. The molecule has 0 rings (SSSR count). The van der Waals surface area contributed by atoms with Crippen LogP contribution in [0.1, 0.15) is 26.7 Å². The third-order valence-electron chi connectivity index (χ3n) is 1.71. The number of rotatable bonds is 6. The van der Waals surface area contributed by atoms with Gasteiger partial charge in [0.15, 0.2) is 5.37 Å². The zero-order valence-corrected chi connectivity index (χ0v) is 11.7. The summed E-state index contributed by atoms with van der Waals surface area (Å²) < 4.78 is 30.0. The van der Waals surface area contributed by atoms with Crippen molar-refractivity contribution in [3.63, 3.8) is 0 Å². The largest absolute Gasteiger partial charge is 0.478 e. The Hall–Kier alpha value is -1.67. The standard InChI is InChI=1S/C7H13NO4S.C4H6O2/c1-3-5-7(13(10,11)12)8-6(9)4-2;1-2-3-4(5)6/h4,7H,2-3,5H2,1H3,(H,8,9)(H,10,11,12);2-3H,1H3,(H,5,6)/b;3-2+. The molecule has 0 saturated carbocycles. The van der Waals surface area contributed by atoms with Gasteiger partial charge in [0.2, 0.25) is 5.91 Å². The van der Waals surface area contributed by atoms with E-state index in [2.05, 4.69) is 11.9 Å². The summed E-state index contributed by atoms with van der Waals surface area (Å²) in [4.78, 5) is 20.3. The molecule has 0 aliphatic rings. The molecule has 0 aromatic carbocycles. The van der Waals surface area contributed by atoms with E-state index in [1.54, 1.807) is 13.8 Å². The van der Waals surface area contributed by atoms with Crippen LogP contribution in [-0.4, -0.2) is 35.3 Å². The summed E-state index contributed by atoms with van der Waals surface area (Å²) in [6, 6.07) is 0. The van der Waals surface area contributed by atoms with Crippen LogP contribution >= 0.6 is 0 Å². The summed E-state index contributed by atoms with van der Waals surface area (Å²) in [5.41, 5.74) is 0. The molecular weight excluding hydrogens is 274 g/mol. The zero-order valence-electron chi connectivity index (χ0n) is 10.9. The molecule has 0 fully saturated rings. The van der Waals surface area contributed by atoms with E-state index in [9.17, 15) is 18.0 Å². The normalized spacial score (nSPS) is 12.2. The van der Waals surface area contributed by atoms with E-state index in [0.717, 1.165) is 12.2 Å². The Morgan fingerprint density at radius 1 is 1.42 bits per heavy atom. The predicted octanol–water partition coefficient (Wildman–Crippen LogP) is 0.950. The number of amides is 1. The average Bonchev–Trinajstić information content (AvgIpc) is 2.27. The van der Waals surface area contributed by atoms with Crippen molar-refractivity contribution in [2.45, 2.75) is 32.1 Å². The smallest absolute Gasteiger partial charge is 0.327 e. The number of carboxylic acids is 1. The molecular formula is C11H19NO6S. The van der Waals surface area contributed by atoms with E-state index in [0.29, 0.717) is 6.42 Å². The molecule has 0 aromatic rings. The zero-order chi connectivity index (χ0) is 15.5. The molecule has 3 N–H and O–H groups in total. The lowest BCUT2D eigenvalue weighted by Gasteiger charge is -2.12. The summed E-state index contributed by atoms with van der Waals surface area (Å²) >= 11 is 0. The van der Waals surface area contributed by atoms with Gasteiger partial charge < -0.3 is 10.4 Å². The molecule has 0 saturated heterocycles. The van der Waals surface area contributed by atoms with Crippen LogP contribution in [0.3, 0.4) is 0 Å². The highest BCUT2D eigenvalue weighted by Crippen LogP contribution is 2.03. The molecule has 1 amide bonds. The van der Waals surface area contributed by atoms with Gasteiger partial charge in [-0.15, -0.1) is 0 Å². The lowest BCUT2D eigenvalue weighted by atomic mass is 10.3. The van der Waals surface area contributed by atoms with Gasteiger partial charge in [-0.05, 0) is 19.4 Å². The van der Waals surface area contributed by atoms with Gasteiger partial charge in [0, 0.05) is 6.08 Å². The van der Waals surface area contributed by atoms with Gasteiger partial charge >= 0.3 is 5.97 Å². The van der Waals surface area contributed by atoms with Gasteiger partial charge in [-0.2, -0.15) is 8.42 Å². The Morgan fingerprint density at radius 2 is 1.95 bits per heavy atom. The number of nitrogens with one attached hydrogen (secondary N) is 1. The van der Waals surface area contributed by atoms with Crippen molar-refractivity contribution in [1.29, 1.82) is 0 Å². The average molecular weight is 293 g/mol. The third-order valence-corrected chi connectivity index (χ3v) is 2.78. The number of aliphatic carboxylic acids is 1. The Balaban J connectivity index is 0. The van der Waals surface area contributed by atoms with Crippen molar-refractivity contribution in [3.05, 3.63) is 24.8 Å². The van der Waals surface area contributed by atoms with Gasteiger partial charge in [-0.3, -0.25) is 9.35 Å². The lowest BCUT2D eigenvalue weighted by Crippen LogP contribution is -2.39. The van der Waals surface area contributed by atoms with Gasteiger partial charge in [0.1, 0.15) is 0 Å². The minimum Gasteiger partial charge on any atom is -0.478 e. The van der Waals surface area contributed by atoms with Crippen molar-refractivity contribution in [2.24, 2.45) is 0 Å². The Kier molecular flexibility index (Phi) is 10.6. The Morgan fingerprint density at radius 3 is 2.16 bits per heavy atom. The minimum atomic E-state index is -4.21. The molecule has 0 radical (unpaired) electrons. The third kappa shape index (κ3) is 12.6. The van der Waals surface area contributed by atoms with E-state index < -0.39 is 27.4 Å². The van der Waals surface area contributed by atoms with Crippen molar-refractivity contribution in [1.82, 2.24) is 5.32 Å². The molecule has 0 aliphatic heterocycles. The van der Waals surface area contributed by atoms with Crippen LogP contribution in [0, 0.1) is 0 Å². The molecule has 0 bridgehead atoms. The van der Waals surface area contributed by atoms with Crippen LogP contribution in [0.15, 0.2) is 24.8 Å². The van der Waals surface area contributed by atoms with Crippen LogP contribution in [0.5, 0.6) is 0 Å². The van der Waals surface area contributed by atoms with Gasteiger partial charge in [0.05, 0.1) is 0 Å². The molecule has 8 heteroatoms. The van der Waals surface area contributed by atoms with Crippen LogP contribution < -0.4 is 5.32 Å². The van der Waals surface area contributed by atoms with Crippen molar-refractivity contribution in [3.8, 4) is 0 Å². The fourth-order valence-electron chi connectivity index (χ4n) is 0.918. The highest BCUT2D eigenvalue weighted by molar-refractivity contribution is 7.86. The Labute approximate surface area is 112 Å². The number of carbonyl (C=O) groups is 2. The molecule has 1 unspecified atom stereocenters. The van der Waals surface area contributed by atoms with Crippen molar-refractivity contribution < 1.29 is 27.7 Å². The molecule has 19 heavy (non-hydrogen) atoms. The summed E-state index contributed by atoms with van der Waals surface area (Å²) in [7, 11) is -4.21. The molecule has 110 valence electrons. The monoisotopic (exact) mass is 293 g/mol. The SMILES string of the molecule is C/C=C/C(=O)O.C=CC(=O)NC(CCC)S(=O)(=O)O. The van der Waals surface area contributed by atoms with E-state index in [-0.39, 0.29) is 6.42 Å². The van der Waals surface area contributed by atoms with Crippen LogP contribution in [0.2, 0.25) is 0 Å². The van der Waals surface area contributed by atoms with E-state index in [4.69, 9.17) is 9.66 Å². The fourth-order valence-corrected chi connectivity index (χ4v) is 1.72. The summed E-state index contributed by atoms with van der Waals surface area (Å²) in [5.74, 6) is -1.51. The molecule has 7 nitrogen and oxygen atoms in total. The summed E-state index contributed by atoms with van der Waals surface area (Å²) in [6.07, 6.45) is 4.23. The second-order valence-corrected chi connectivity index (χ2v) is 4.94. The molecule has 0 heterocycles. The van der Waals surface area contributed by atoms with E-state index in [1.807, 2.05) is 0 Å². The summed E-state index contributed by atoms with van der Waals surface area (Å²) in [5, 5.41) is 8.71. The minimum absolute atomic E-state index is 0.179. The number of carboxylic acid groups (broad SMARTS) is 1. The molecule has 0 aliphatic carbocycles. The first-order valence-electron chi connectivity index (χ1n) is 5.43. The highest BCUT2D eigenvalue weighted by atomic mass is 32.2. The Bertz CT molecular complexity index is 426. The maximum Gasteiger partial charge on any atom is 0.327 e. The fraction of sp³-hybridized carbons (Fsp3) is 0.455. The highest BCUT2D eigenvalue weighted by Gasteiger charge is 2.22. The number of allylic oxidation sites excluding steroid dienone is 1. The van der Waals surface area contributed by atoms with Crippen molar-refractivity contribution in [2.75, 3.05) is 0 Å². The number of hydrogen-bond donors (Lipinski definition) is 3. The van der Waals surface area contributed by atoms with Gasteiger partial charge in [-0.1, -0.05) is 26.0 Å². The molecule has 1 atom stereocenters. The number of hydrogen-bond acceptors (Lipinski definition) is 4. The lowest BCUT2D eigenvalue weighted by molar-refractivity contribution is -0.131. The summed E-state index contributed by atoms with van der Waals surface area (Å²) in [6.45, 7) is 6.58. The van der Waals surface area contributed by atoms with Crippen LogP contribution in [-0.2, 0) is 19.7 Å². The van der Waals surface area contributed by atoms with Gasteiger partial charge in [0.25, 0.3) is 10.1 Å². The van der Waals surface area contributed by atoms with E-state index >= 15 is 0 Å².